The molecular weight excluding hydrogens is 454 g/mol. The highest BCUT2D eigenvalue weighted by molar-refractivity contribution is 6.02. The first kappa shape index (κ1) is 26.0. The summed E-state index contributed by atoms with van der Waals surface area (Å²) >= 11 is 0. The number of nitro benzene ring substituents is 1. The molecule has 0 saturated heterocycles. The first-order valence-corrected chi connectivity index (χ1v) is 11.4. The molecule has 1 aliphatic heterocycles. The Kier molecular flexibility index (Phi) is 7.96. The van der Waals surface area contributed by atoms with Gasteiger partial charge in [0, 0.05) is 19.0 Å². The van der Waals surface area contributed by atoms with E-state index in [2.05, 4.69) is 5.48 Å². The number of amides is 2. The smallest absolute Gasteiger partial charge is 0.282 e. The van der Waals surface area contributed by atoms with Gasteiger partial charge in [-0.2, -0.15) is 0 Å². The number of hydroxylamine groups is 1. The van der Waals surface area contributed by atoms with Crippen LogP contribution < -0.4 is 15.0 Å². The van der Waals surface area contributed by atoms with Crippen molar-refractivity contribution in [2.24, 2.45) is 0 Å². The van der Waals surface area contributed by atoms with Crippen molar-refractivity contribution in [2.45, 2.75) is 58.7 Å². The lowest BCUT2D eigenvalue weighted by Crippen LogP contribution is -2.35. The summed E-state index contributed by atoms with van der Waals surface area (Å²) in [4.78, 5) is 43.8. The molecule has 2 amide bonds. The highest BCUT2D eigenvalue weighted by Crippen LogP contribution is 2.40. The third kappa shape index (κ3) is 6.07. The summed E-state index contributed by atoms with van der Waals surface area (Å²) in [5.74, 6) is 0.265. The highest BCUT2D eigenvalue weighted by atomic mass is 16.7. The maximum absolute atomic E-state index is 13.4. The van der Waals surface area contributed by atoms with Crippen LogP contribution in [0.1, 0.15) is 68.1 Å². The van der Waals surface area contributed by atoms with Gasteiger partial charge in [-0.1, -0.05) is 18.2 Å². The van der Waals surface area contributed by atoms with Crippen molar-refractivity contribution in [1.29, 1.82) is 0 Å². The summed E-state index contributed by atoms with van der Waals surface area (Å²) < 4.78 is 11.1. The van der Waals surface area contributed by atoms with Crippen molar-refractivity contribution in [3.63, 3.8) is 0 Å². The zero-order valence-electron chi connectivity index (χ0n) is 20.6. The number of nitrogens with zero attached hydrogens (tertiary/aromatic N) is 2. The number of ether oxygens (including phenoxy) is 2. The van der Waals surface area contributed by atoms with E-state index in [0.717, 1.165) is 5.56 Å². The lowest BCUT2D eigenvalue weighted by Gasteiger charge is -2.29. The summed E-state index contributed by atoms with van der Waals surface area (Å²) in [6.07, 6.45) is 0.337. The number of carbonyl (C=O) groups excluding carboxylic acids is 2. The molecule has 10 nitrogen and oxygen atoms in total. The molecule has 2 aromatic carbocycles. The highest BCUT2D eigenvalue weighted by Gasteiger charge is 2.38. The van der Waals surface area contributed by atoms with Gasteiger partial charge in [0.05, 0.1) is 30.3 Å². The average Bonchev–Trinajstić information content (AvgIpc) is 3.14. The standard InChI is InChI=1S/C25H31N3O7/c1-6-34-21-14-16(10-12-20(21)33-5)18(11-13-22(29)26-35-25(2,3)4)27-15-17-8-7-9-19(28(31)32)23(17)24(27)30/h7-10,12,14,18H,6,11,13,15H2,1-5H3,(H,26,29). The van der Waals surface area contributed by atoms with Crippen molar-refractivity contribution in [3.05, 3.63) is 63.2 Å². The number of fused-ring (bicyclic) bond motifs is 1. The third-order valence-electron chi connectivity index (χ3n) is 5.51. The molecule has 0 radical (unpaired) electrons. The summed E-state index contributed by atoms with van der Waals surface area (Å²) in [6.45, 7) is 7.90. The zero-order chi connectivity index (χ0) is 25.8. The van der Waals surface area contributed by atoms with Crippen LogP contribution in [-0.2, 0) is 16.2 Å². The monoisotopic (exact) mass is 485 g/mol. The maximum Gasteiger partial charge on any atom is 0.282 e. The minimum Gasteiger partial charge on any atom is -0.493 e. The van der Waals surface area contributed by atoms with Crippen LogP contribution in [0.25, 0.3) is 0 Å². The molecule has 0 bridgehead atoms. The van der Waals surface area contributed by atoms with E-state index in [1.54, 1.807) is 35.2 Å². The zero-order valence-corrected chi connectivity index (χ0v) is 20.6. The second-order valence-corrected chi connectivity index (χ2v) is 9.14. The Balaban J connectivity index is 1.94. The molecule has 1 unspecified atom stereocenters. The molecule has 0 aliphatic carbocycles. The number of nitrogens with one attached hydrogen (secondary N) is 1. The van der Waals surface area contributed by atoms with Gasteiger partial charge < -0.3 is 14.4 Å². The SMILES string of the molecule is CCOc1cc(C(CCC(=O)NOC(C)(C)C)N2Cc3cccc([N+](=O)[O-])c3C2=O)ccc1OC. The lowest BCUT2D eigenvalue weighted by molar-refractivity contribution is -0.385. The second-order valence-electron chi connectivity index (χ2n) is 9.14. The van der Waals surface area contributed by atoms with E-state index in [-0.39, 0.29) is 36.5 Å². The molecule has 2 aromatic rings. The molecule has 10 heteroatoms. The molecule has 0 aromatic heterocycles. The van der Waals surface area contributed by atoms with Crippen LogP contribution in [0.15, 0.2) is 36.4 Å². The number of benzene rings is 2. The van der Waals surface area contributed by atoms with Crippen LogP contribution in [0.4, 0.5) is 5.69 Å². The number of hydrogen-bond donors (Lipinski definition) is 1. The van der Waals surface area contributed by atoms with Gasteiger partial charge in [-0.15, -0.1) is 0 Å². The molecule has 0 spiro atoms. The fourth-order valence-electron chi connectivity index (χ4n) is 3.97. The summed E-state index contributed by atoms with van der Waals surface area (Å²) in [6, 6.07) is 9.39. The van der Waals surface area contributed by atoms with Gasteiger partial charge in [-0.25, -0.2) is 5.48 Å². The van der Waals surface area contributed by atoms with Crippen molar-refractivity contribution in [2.75, 3.05) is 13.7 Å². The second kappa shape index (κ2) is 10.7. The molecule has 3 rings (SSSR count). The summed E-state index contributed by atoms with van der Waals surface area (Å²) in [7, 11) is 1.54. The number of hydrogen-bond acceptors (Lipinski definition) is 7. The Hall–Kier alpha value is -3.66. The van der Waals surface area contributed by atoms with Gasteiger partial charge in [0.25, 0.3) is 11.6 Å². The van der Waals surface area contributed by atoms with Gasteiger partial charge in [0.2, 0.25) is 5.91 Å². The quantitative estimate of drug-likeness (QED) is 0.393. The first-order chi connectivity index (χ1) is 16.6. The molecule has 1 heterocycles. The van der Waals surface area contributed by atoms with Crippen LogP contribution in [0.5, 0.6) is 11.5 Å². The Labute approximate surface area is 204 Å². The first-order valence-electron chi connectivity index (χ1n) is 11.4. The van der Waals surface area contributed by atoms with Crippen LogP contribution in [0.2, 0.25) is 0 Å². The fourth-order valence-corrected chi connectivity index (χ4v) is 3.97. The minimum atomic E-state index is -0.553. The van der Waals surface area contributed by atoms with Crippen LogP contribution in [0, 0.1) is 10.1 Å². The van der Waals surface area contributed by atoms with E-state index in [4.69, 9.17) is 14.3 Å². The van der Waals surface area contributed by atoms with E-state index in [0.29, 0.717) is 23.7 Å². The summed E-state index contributed by atoms with van der Waals surface area (Å²) in [5, 5.41) is 11.5. The third-order valence-corrected chi connectivity index (χ3v) is 5.51. The Morgan fingerprint density at radius 3 is 2.60 bits per heavy atom. The maximum atomic E-state index is 13.4. The van der Waals surface area contributed by atoms with Crippen LogP contribution in [0.3, 0.4) is 0 Å². The Morgan fingerprint density at radius 2 is 1.97 bits per heavy atom. The molecule has 1 aliphatic rings. The molecule has 0 fully saturated rings. The van der Waals surface area contributed by atoms with E-state index >= 15 is 0 Å². The van der Waals surface area contributed by atoms with Gasteiger partial charge in [0.1, 0.15) is 5.56 Å². The molecule has 35 heavy (non-hydrogen) atoms. The number of nitro groups is 1. The number of rotatable bonds is 10. The summed E-state index contributed by atoms with van der Waals surface area (Å²) in [5.41, 5.74) is 3.05. The number of methoxy groups -OCH3 is 1. The Morgan fingerprint density at radius 1 is 1.23 bits per heavy atom. The predicted molar refractivity (Wildman–Crippen MR) is 128 cm³/mol. The average molecular weight is 486 g/mol. The topological polar surface area (TPSA) is 120 Å². The molecule has 1 atom stereocenters. The molecular formula is C25H31N3O7. The minimum absolute atomic E-state index is 0.0684. The van der Waals surface area contributed by atoms with Crippen molar-refractivity contribution < 1.29 is 28.8 Å². The number of carbonyl (C=O) groups is 2. The van der Waals surface area contributed by atoms with Gasteiger partial charge in [-0.05, 0) is 57.4 Å². The van der Waals surface area contributed by atoms with Gasteiger partial charge in [-0.3, -0.25) is 24.5 Å². The molecule has 1 N–H and O–H groups in total. The van der Waals surface area contributed by atoms with Crippen molar-refractivity contribution >= 4 is 17.5 Å². The predicted octanol–water partition coefficient (Wildman–Crippen LogP) is 4.33. The van der Waals surface area contributed by atoms with E-state index < -0.39 is 22.5 Å². The molecule has 0 saturated carbocycles. The van der Waals surface area contributed by atoms with E-state index in [9.17, 15) is 19.7 Å². The lowest BCUT2D eigenvalue weighted by atomic mass is 9.99. The van der Waals surface area contributed by atoms with Gasteiger partial charge in [0.15, 0.2) is 11.5 Å². The van der Waals surface area contributed by atoms with Gasteiger partial charge >= 0.3 is 0 Å². The Bertz CT molecular complexity index is 1110. The van der Waals surface area contributed by atoms with Crippen LogP contribution >= 0.6 is 0 Å². The largest absolute Gasteiger partial charge is 0.493 e. The molecule has 188 valence electrons. The normalized spacial score (nSPS) is 13.9. The van der Waals surface area contributed by atoms with Crippen LogP contribution in [-0.4, -0.2) is 41.0 Å². The van der Waals surface area contributed by atoms with Crippen molar-refractivity contribution in [1.82, 2.24) is 10.4 Å². The van der Waals surface area contributed by atoms with Crippen molar-refractivity contribution in [3.8, 4) is 11.5 Å². The van der Waals surface area contributed by atoms with E-state index in [1.807, 2.05) is 27.7 Å². The fraction of sp³-hybridized carbons (Fsp3) is 0.440. The van der Waals surface area contributed by atoms with E-state index in [1.165, 1.54) is 13.2 Å².